The zero-order chi connectivity index (χ0) is 21.3. The van der Waals surface area contributed by atoms with Crippen LogP contribution in [0.25, 0.3) is 11.3 Å². The van der Waals surface area contributed by atoms with Crippen molar-refractivity contribution in [3.05, 3.63) is 60.5 Å². The van der Waals surface area contributed by atoms with Gasteiger partial charge in [0.1, 0.15) is 11.5 Å². The van der Waals surface area contributed by atoms with Gasteiger partial charge in [0, 0.05) is 24.9 Å². The Bertz CT molecular complexity index is 899. The van der Waals surface area contributed by atoms with Crippen LogP contribution in [0.4, 0.5) is 0 Å². The van der Waals surface area contributed by atoms with Gasteiger partial charge in [-0.15, -0.1) is 0 Å². The average molecular weight is 412 g/mol. The molecule has 0 bridgehead atoms. The van der Waals surface area contributed by atoms with Crippen molar-refractivity contribution in [1.82, 2.24) is 15.2 Å². The number of oxazole rings is 1. The van der Waals surface area contributed by atoms with Gasteiger partial charge in [-0.05, 0) is 49.5 Å². The number of furan rings is 1. The molecule has 1 atom stereocenters. The molecule has 3 aromatic rings. The largest absolute Gasteiger partial charge is 0.497 e. The number of ether oxygens (including phenoxy) is 1. The van der Waals surface area contributed by atoms with E-state index < -0.39 is 0 Å². The number of carbonyl (C=O) groups excluding carboxylic acids is 1. The topological polar surface area (TPSA) is 80.7 Å². The van der Waals surface area contributed by atoms with Gasteiger partial charge in [-0.2, -0.15) is 0 Å². The van der Waals surface area contributed by atoms with Gasteiger partial charge in [0.25, 0.3) is 0 Å². The van der Waals surface area contributed by atoms with Gasteiger partial charge in [-0.25, -0.2) is 4.98 Å². The third kappa shape index (κ3) is 5.51. The molecule has 1 aromatic carbocycles. The average Bonchev–Trinajstić information content (AvgIpc) is 3.47. The molecule has 1 unspecified atom stereocenters. The molecule has 7 heteroatoms. The van der Waals surface area contributed by atoms with E-state index in [1.54, 1.807) is 19.6 Å². The standard InChI is InChI=1S/C23H29N3O4/c1-4-26(5-2)19(20-7-6-14-29-20)15-24-22(27)12-13-23-25-16-21(30-23)17-8-10-18(28-3)11-9-17/h6-11,14,16,19H,4-5,12-13,15H2,1-3H3,(H,24,27). The van der Waals surface area contributed by atoms with Gasteiger partial charge in [-0.3, -0.25) is 9.69 Å². The van der Waals surface area contributed by atoms with E-state index in [-0.39, 0.29) is 11.9 Å². The fourth-order valence-corrected chi connectivity index (χ4v) is 3.39. The van der Waals surface area contributed by atoms with E-state index in [4.69, 9.17) is 13.6 Å². The number of nitrogens with one attached hydrogen (secondary N) is 1. The Labute approximate surface area is 177 Å². The van der Waals surface area contributed by atoms with Crippen LogP contribution in [-0.2, 0) is 11.2 Å². The van der Waals surface area contributed by atoms with Crippen LogP contribution in [0, 0.1) is 0 Å². The number of hydrogen-bond donors (Lipinski definition) is 1. The highest BCUT2D eigenvalue weighted by Crippen LogP contribution is 2.24. The zero-order valence-electron chi connectivity index (χ0n) is 17.8. The summed E-state index contributed by atoms with van der Waals surface area (Å²) in [6, 6.07) is 11.4. The first-order valence-electron chi connectivity index (χ1n) is 10.3. The summed E-state index contributed by atoms with van der Waals surface area (Å²) in [6.45, 7) is 6.45. The molecule has 0 radical (unpaired) electrons. The highest BCUT2D eigenvalue weighted by Gasteiger charge is 2.21. The van der Waals surface area contributed by atoms with Crippen LogP contribution in [0.1, 0.15) is 38.0 Å². The summed E-state index contributed by atoms with van der Waals surface area (Å²) >= 11 is 0. The molecule has 1 amide bonds. The maximum atomic E-state index is 12.4. The number of likely N-dealkylation sites (N-methyl/N-ethyl adjacent to an activating group) is 1. The summed E-state index contributed by atoms with van der Waals surface area (Å²) in [5.74, 6) is 2.82. The highest BCUT2D eigenvalue weighted by molar-refractivity contribution is 5.76. The maximum Gasteiger partial charge on any atom is 0.220 e. The fourth-order valence-electron chi connectivity index (χ4n) is 3.39. The minimum absolute atomic E-state index is 0.0161. The van der Waals surface area contributed by atoms with Crippen molar-refractivity contribution < 1.29 is 18.4 Å². The maximum absolute atomic E-state index is 12.4. The zero-order valence-corrected chi connectivity index (χ0v) is 17.8. The molecule has 1 N–H and O–H groups in total. The van der Waals surface area contributed by atoms with Crippen LogP contribution in [0.15, 0.2) is 57.7 Å². The number of aromatic nitrogens is 1. The van der Waals surface area contributed by atoms with E-state index >= 15 is 0 Å². The molecule has 0 saturated carbocycles. The van der Waals surface area contributed by atoms with Crippen molar-refractivity contribution in [2.24, 2.45) is 0 Å². The van der Waals surface area contributed by atoms with Crippen molar-refractivity contribution >= 4 is 5.91 Å². The fraction of sp³-hybridized carbons (Fsp3) is 0.391. The van der Waals surface area contributed by atoms with Gasteiger partial charge in [0.2, 0.25) is 5.91 Å². The molecule has 2 aromatic heterocycles. The summed E-state index contributed by atoms with van der Waals surface area (Å²) in [7, 11) is 1.63. The van der Waals surface area contributed by atoms with Crippen LogP contribution < -0.4 is 10.1 Å². The lowest BCUT2D eigenvalue weighted by Gasteiger charge is -2.28. The Morgan fingerprint density at radius 1 is 1.20 bits per heavy atom. The molecule has 30 heavy (non-hydrogen) atoms. The molecule has 0 fully saturated rings. The third-order valence-electron chi connectivity index (χ3n) is 5.11. The minimum atomic E-state index is -0.0390. The molecule has 0 saturated heterocycles. The van der Waals surface area contributed by atoms with Crippen molar-refractivity contribution in [1.29, 1.82) is 0 Å². The Balaban J connectivity index is 1.52. The lowest BCUT2D eigenvalue weighted by atomic mass is 10.1. The normalized spacial score (nSPS) is 12.1. The molecule has 2 heterocycles. The van der Waals surface area contributed by atoms with Gasteiger partial charge in [0.15, 0.2) is 11.7 Å². The SMILES string of the molecule is CCN(CC)C(CNC(=O)CCc1ncc(-c2ccc(OC)cc2)o1)c1ccco1. The van der Waals surface area contributed by atoms with Crippen LogP contribution in [-0.4, -0.2) is 42.5 Å². The van der Waals surface area contributed by atoms with Crippen LogP contribution in [0.3, 0.4) is 0 Å². The van der Waals surface area contributed by atoms with Crippen LogP contribution >= 0.6 is 0 Å². The van der Waals surface area contributed by atoms with Crippen LogP contribution in [0.5, 0.6) is 5.75 Å². The molecule has 3 rings (SSSR count). The van der Waals surface area contributed by atoms with E-state index in [0.717, 1.165) is 30.2 Å². The molecular weight excluding hydrogens is 382 g/mol. The Kier molecular flexibility index (Phi) is 7.68. The number of aryl methyl sites for hydroxylation is 1. The summed E-state index contributed by atoms with van der Waals surface area (Å²) in [5, 5.41) is 3.02. The first kappa shape index (κ1) is 21.6. The lowest BCUT2D eigenvalue weighted by molar-refractivity contribution is -0.121. The van der Waals surface area contributed by atoms with Gasteiger partial charge in [0.05, 0.1) is 25.6 Å². The number of amides is 1. The third-order valence-corrected chi connectivity index (χ3v) is 5.11. The molecule has 0 aliphatic carbocycles. The minimum Gasteiger partial charge on any atom is -0.497 e. The monoisotopic (exact) mass is 411 g/mol. The van der Waals surface area contributed by atoms with Crippen molar-refractivity contribution in [2.75, 3.05) is 26.7 Å². The predicted octanol–water partition coefficient (Wildman–Crippen LogP) is 4.08. The first-order chi connectivity index (χ1) is 14.6. The Hall–Kier alpha value is -3.06. The summed E-state index contributed by atoms with van der Waals surface area (Å²) in [6.07, 6.45) is 4.10. The molecule has 0 aliphatic rings. The second-order valence-corrected chi connectivity index (χ2v) is 6.90. The molecule has 0 aliphatic heterocycles. The van der Waals surface area contributed by atoms with E-state index in [0.29, 0.717) is 31.0 Å². The van der Waals surface area contributed by atoms with Crippen molar-refractivity contribution in [3.8, 4) is 17.1 Å². The van der Waals surface area contributed by atoms with Gasteiger partial charge < -0.3 is 18.9 Å². The predicted molar refractivity (Wildman–Crippen MR) is 114 cm³/mol. The number of rotatable bonds is 11. The first-order valence-corrected chi connectivity index (χ1v) is 10.3. The molecule has 160 valence electrons. The lowest BCUT2D eigenvalue weighted by Crippen LogP contribution is -2.38. The number of benzene rings is 1. The smallest absolute Gasteiger partial charge is 0.220 e. The number of methoxy groups -OCH3 is 1. The molecular formula is C23H29N3O4. The summed E-state index contributed by atoms with van der Waals surface area (Å²) < 4.78 is 16.5. The van der Waals surface area contributed by atoms with E-state index in [1.807, 2.05) is 36.4 Å². The van der Waals surface area contributed by atoms with E-state index in [1.165, 1.54) is 0 Å². The molecule has 7 nitrogen and oxygen atoms in total. The summed E-state index contributed by atoms with van der Waals surface area (Å²) in [5.41, 5.74) is 0.916. The van der Waals surface area contributed by atoms with Crippen LogP contribution in [0.2, 0.25) is 0 Å². The number of hydrogen-bond acceptors (Lipinski definition) is 6. The quantitative estimate of drug-likeness (QED) is 0.512. The highest BCUT2D eigenvalue weighted by atomic mass is 16.5. The number of nitrogens with zero attached hydrogens (tertiary/aromatic N) is 2. The second-order valence-electron chi connectivity index (χ2n) is 6.90. The van der Waals surface area contributed by atoms with Crippen molar-refractivity contribution in [3.63, 3.8) is 0 Å². The number of carbonyl (C=O) groups is 1. The van der Waals surface area contributed by atoms with E-state index in [9.17, 15) is 4.79 Å². The van der Waals surface area contributed by atoms with Gasteiger partial charge in [-0.1, -0.05) is 13.8 Å². The Morgan fingerprint density at radius 3 is 2.60 bits per heavy atom. The van der Waals surface area contributed by atoms with E-state index in [2.05, 4.69) is 29.0 Å². The van der Waals surface area contributed by atoms with Crippen molar-refractivity contribution in [2.45, 2.75) is 32.7 Å². The Morgan fingerprint density at radius 2 is 1.97 bits per heavy atom. The summed E-state index contributed by atoms with van der Waals surface area (Å²) in [4.78, 5) is 18.9. The molecule has 0 spiro atoms. The van der Waals surface area contributed by atoms with Gasteiger partial charge >= 0.3 is 0 Å². The second kappa shape index (κ2) is 10.6.